The first-order chi connectivity index (χ1) is 8.41. The van der Waals surface area contributed by atoms with Crippen LogP contribution in [0, 0.1) is 0 Å². The lowest BCUT2D eigenvalue weighted by atomic mass is 9.87. The Kier molecular flexibility index (Phi) is 3.52. The van der Waals surface area contributed by atoms with Crippen molar-refractivity contribution in [2.75, 3.05) is 7.11 Å². The van der Waals surface area contributed by atoms with Crippen molar-refractivity contribution in [3.8, 4) is 0 Å². The smallest absolute Gasteiger partial charge is 0.266 e. The van der Waals surface area contributed by atoms with Gasteiger partial charge >= 0.3 is 0 Å². The molecule has 0 aromatic carbocycles. The second-order valence-corrected chi connectivity index (χ2v) is 5.61. The largest absolute Gasteiger partial charge is 0.495 e. The molecule has 0 bridgehead atoms. The molecule has 18 heavy (non-hydrogen) atoms. The van der Waals surface area contributed by atoms with E-state index in [1.54, 1.807) is 6.08 Å². The highest BCUT2D eigenvalue weighted by Gasteiger charge is 2.50. The van der Waals surface area contributed by atoms with E-state index in [9.17, 15) is 9.90 Å². The number of methoxy groups -OCH3 is 1. The minimum absolute atomic E-state index is 0.0896. The van der Waals surface area contributed by atoms with E-state index < -0.39 is 17.6 Å². The van der Waals surface area contributed by atoms with Gasteiger partial charge in [0.15, 0.2) is 5.60 Å². The summed E-state index contributed by atoms with van der Waals surface area (Å²) in [6.07, 6.45) is 0.681. The Morgan fingerprint density at radius 1 is 1.72 bits per heavy atom. The fraction of sp³-hybridized carbons (Fsp3) is 0.400. The van der Waals surface area contributed by atoms with Gasteiger partial charge in [-0.15, -0.1) is 0 Å². The van der Waals surface area contributed by atoms with Gasteiger partial charge in [0.05, 0.1) is 16.1 Å². The molecule has 1 heterocycles. The highest BCUT2D eigenvalue weighted by Crippen LogP contribution is 2.43. The van der Waals surface area contributed by atoms with Crippen LogP contribution in [0.3, 0.4) is 0 Å². The number of hydrogen-bond donors (Lipinski definition) is 2. The van der Waals surface area contributed by atoms with E-state index in [2.05, 4.69) is 37.0 Å². The van der Waals surface area contributed by atoms with E-state index in [4.69, 9.17) is 15.3 Å². The molecule has 0 radical (unpaired) electrons. The predicted octanol–water partition coefficient (Wildman–Crippen LogP) is 0.893. The molecule has 1 aliphatic carbocycles. The third kappa shape index (κ3) is 1.98. The first-order valence-electron chi connectivity index (χ1n) is 4.96. The average molecular weight is 382 g/mol. The summed E-state index contributed by atoms with van der Waals surface area (Å²) in [6.45, 7) is 0. The molecule has 1 amide bonds. The van der Waals surface area contributed by atoms with Crippen molar-refractivity contribution in [3.63, 3.8) is 0 Å². The number of aliphatic hydroxyl groups excluding tert-OH is 1. The number of oxime groups is 1. The molecule has 0 saturated carbocycles. The van der Waals surface area contributed by atoms with Gasteiger partial charge in [0, 0.05) is 6.42 Å². The van der Waals surface area contributed by atoms with Crippen LogP contribution in [0.25, 0.3) is 0 Å². The molecule has 0 aromatic rings. The highest BCUT2D eigenvalue weighted by molar-refractivity contribution is 9.12. The summed E-state index contributed by atoms with van der Waals surface area (Å²) in [5, 5.41) is 13.9. The standard InChI is InChI=1S/C10H10Br2N2O4/c1-17-7-4(11)2-10(8(15)6(7)12)3-5(9(13)16)14-18-10/h2,8,15H,3H2,1H3,(H2,13,16)/t8-,10+/m0/s1. The third-order valence-electron chi connectivity index (χ3n) is 2.77. The Morgan fingerprint density at radius 3 is 2.89 bits per heavy atom. The maximum Gasteiger partial charge on any atom is 0.266 e. The first-order valence-corrected chi connectivity index (χ1v) is 6.55. The fourth-order valence-electron chi connectivity index (χ4n) is 1.83. The molecule has 3 N–H and O–H groups in total. The van der Waals surface area contributed by atoms with Crippen LogP contribution in [0.1, 0.15) is 6.42 Å². The number of hydrogen-bond acceptors (Lipinski definition) is 5. The average Bonchev–Trinajstić information content (AvgIpc) is 2.72. The SMILES string of the molecule is COC1=C(Br)[C@H](O)[C@@]2(C=C1Br)CC(C(N)=O)=NO2. The predicted molar refractivity (Wildman–Crippen MR) is 71.0 cm³/mol. The Bertz CT molecular complexity index is 500. The molecule has 1 spiro atoms. The monoisotopic (exact) mass is 380 g/mol. The van der Waals surface area contributed by atoms with Gasteiger partial charge in [0.25, 0.3) is 5.91 Å². The Labute approximate surface area is 120 Å². The molecular formula is C10H10Br2N2O4. The fourth-order valence-corrected chi connectivity index (χ4v) is 3.62. The maximum absolute atomic E-state index is 11.1. The van der Waals surface area contributed by atoms with Crippen LogP contribution in [0.5, 0.6) is 0 Å². The van der Waals surface area contributed by atoms with Crippen molar-refractivity contribution in [2.45, 2.75) is 18.1 Å². The molecule has 2 aliphatic rings. The molecular weight excluding hydrogens is 372 g/mol. The number of amides is 1. The van der Waals surface area contributed by atoms with Crippen LogP contribution in [-0.4, -0.2) is 35.5 Å². The molecule has 2 atom stereocenters. The van der Waals surface area contributed by atoms with Gasteiger partial charge in [0.2, 0.25) is 0 Å². The van der Waals surface area contributed by atoms with Gasteiger partial charge in [-0.1, -0.05) is 5.16 Å². The Balaban J connectivity index is 2.35. The van der Waals surface area contributed by atoms with Gasteiger partial charge in [-0.3, -0.25) is 4.79 Å². The molecule has 98 valence electrons. The minimum atomic E-state index is -1.13. The second kappa shape index (κ2) is 4.67. The summed E-state index contributed by atoms with van der Waals surface area (Å²) in [6, 6.07) is 0. The summed E-state index contributed by atoms with van der Waals surface area (Å²) in [4.78, 5) is 16.3. The minimum Gasteiger partial charge on any atom is -0.495 e. The first kappa shape index (κ1) is 13.6. The summed E-state index contributed by atoms with van der Waals surface area (Å²) in [7, 11) is 1.48. The second-order valence-electron chi connectivity index (χ2n) is 3.90. The lowest BCUT2D eigenvalue weighted by Crippen LogP contribution is -2.44. The number of carbonyl (C=O) groups excluding carboxylic acids is 1. The highest BCUT2D eigenvalue weighted by atomic mass is 79.9. The van der Waals surface area contributed by atoms with E-state index in [1.165, 1.54) is 7.11 Å². The van der Waals surface area contributed by atoms with Gasteiger partial charge in [-0.2, -0.15) is 0 Å². The molecule has 0 aromatic heterocycles. The number of halogens is 2. The summed E-state index contributed by atoms with van der Waals surface area (Å²) in [5.74, 6) is -0.203. The Hall–Kier alpha value is -0.860. The van der Waals surface area contributed by atoms with E-state index in [-0.39, 0.29) is 12.1 Å². The van der Waals surface area contributed by atoms with Crippen LogP contribution in [0.2, 0.25) is 0 Å². The van der Waals surface area contributed by atoms with Crippen molar-refractivity contribution in [1.29, 1.82) is 0 Å². The molecule has 8 heteroatoms. The normalized spacial score (nSPS) is 31.0. The lowest BCUT2D eigenvalue weighted by molar-refractivity contribution is -0.112. The third-order valence-corrected chi connectivity index (χ3v) is 4.15. The number of allylic oxidation sites excluding steroid dienone is 1. The zero-order chi connectivity index (χ0) is 13.5. The van der Waals surface area contributed by atoms with Gasteiger partial charge in [-0.25, -0.2) is 0 Å². The molecule has 0 saturated heterocycles. The van der Waals surface area contributed by atoms with Crippen molar-refractivity contribution >= 4 is 43.5 Å². The molecule has 2 rings (SSSR count). The quantitative estimate of drug-likeness (QED) is 0.742. The number of rotatable bonds is 2. The van der Waals surface area contributed by atoms with Crippen molar-refractivity contribution in [1.82, 2.24) is 0 Å². The summed E-state index contributed by atoms with van der Waals surface area (Å²) >= 11 is 6.56. The van der Waals surface area contributed by atoms with E-state index in [0.29, 0.717) is 14.7 Å². The molecule has 0 unspecified atom stereocenters. The molecule has 1 aliphatic heterocycles. The van der Waals surface area contributed by atoms with Gasteiger partial charge in [0.1, 0.15) is 17.6 Å². The van der Waals surface area contributed by atoms with E-state index in [0.717, 1.165) is 0 Å². The topological polar surface area (TPSA) is 94.1 Å². The number of nitrogens with zero attached hydrogens (tertiary/aromatic N) is 1. The van der Waals surface area contributed by atoms with Gasteiger partial charge < -0.3 is 20.4 Å². The number of carbonyl (C=O) groups is 1. The lowest BCUT2D eigenvalue weighted by Gasteiger charge is -2.33. The molecule has 0 fully saturated rings. The van der Waals surface area contributed by atoms with Crippen LogP contribution in [-0.2, 0) is 14.4 Å². The van der Waals surface area contributed by atoms with Crippen molar-refractivity contribution < 1.29 is 19.5 Å². The summed E-state index contributed by atoms with van der Waals surface area (Å²) in [5.41, 5.74) is 4.10. The van der Waals surface area contributed by atoms with Crippen LogP contribution < -0.4 is 5.73 Å². The van der Waals surface area contributed by atoms with E-state index in [1.807, 2.05) is 0 Å². The Morgan fingerprint density at radius 2 is 2.39 bits per heavy atom. The maximum atomic E-state index is 11.1. The van der Waals surface area contributed by atoms with E-state index >= 15 is 0 Å². The summed E-state index contributed by atoms with van der Waals surface area (Å²) < 4.78 is 6.15. The number of ether oxygens (including phenoxy) is 1. The van der Waals surface area contributed by atoms with Crippen LogP contribution >= 0.6 is 31.9 Å². The molecule has 6 nitrogen and oxygen atoms in total. The number of nitrogens with two attached hydrogens (primary N) is 1. The van der Waals surface area contributed by atoms with Crippen LogP contribution in [0.15, 0.2) is 26.0 Å². The number of primary amides is 1. The zero-order valence-electron chi connectivity index (χ0n) is 9.31. The number of aliphatic hydroxyl groups is 1. The van der Waals surface area contributed by atoms with Gasteiger partial charge in [-0.05, 0) is 37.9 Å². The zero-order valence-corrected chi connectivity index (χ0v) is 12.5. The van der Waals surface area contributed by atoms with Crippen molar-refractivity contribution in [3.05, 3.63) is 20.8 Å². The van der Waals surface area contributed by atoms with Crippen molar-refractivity contribution in [2.24, 2.45) is 10.9 Å². The van der Waals surface area contributed by atoms with Crippen LogP contribution in [0.4, 0.5) is 0 Å².